The summed E-state index contributed by atoms with van der Waals surface area (Å²) in [4.78, 5) is 27.7. The van der Waals surface area contributed by atoms with Crippen LogP contribution >= 0.6 is 11.3 Å². The Balaban J connectivity index is 1.29. The smallest absolute Gasteiger partial charge is 0.350 e. The van der Waals surface area contributed by atoms with Crippen LogP contribution in [0.4, 0.5) is 5.82 Å². The quantitative estimate of drug-likeness (QED) is 0.472. The van der Waals surface area contributed by atoms with Crippen LogP contribution in [-0.2, 0) is 25.9 Å². The number of aromatic nitrogens is 5. The SMILES string of the molecule is O=c1n(CCNc2nc(CN3CCCCC3)nc3sc4c(c23)CCCC4)nc2ccccn12. The third kappa shape index (κ3) is 4.04. The number of hydrogen-bond acceptors (Lipinski definition) is 7. The lowest BCUT2D eigenvalue weighted by molar-refractivity contribution is 0.216. The number of hydrogen-bond donors (Lipinski definition) is 1. The first-order valence-corrected chi connectivity index (χ1v) is 12.9. The second kappa shape index (κ2) is 8.87. The van der Waals surface area contributed by atoms with Crippen molar-refractivity contribution in [1.29, 1.82) is 0 Å². The van der Waals surface area contributed by atoms with Gasteiger partial charge < -0.3 is 5.32 Å². The Kier molecular flexibility index (Phi) is 5.59. The highest BCUT2D eigenvalue weighted by molar-refractivity contribution is 7.19. The molecule has 8 nitrogen and oxygen atoms in total. The van der Waals surface area contributed by atoms with Crippen LogP contribution < -0.4 is 11.0 Å². The van der Waals surface area contributed by atoms with E-state index in [0.717, 1.165) is 48.9 Å². The van der Waals surface area contributed by atoms with Gasteiger partial charge in [-0.1, -0.05) is 12.5 Å². The van der Waals surface area contributed by atoms with Crippen LogP contribution in [0.25, 0.3) is 15.9 Å². The fraction of sp³-hybridized carbons (Fsp3) is 0.500. The van der Waals surface area contributed by atoms with E-state index in [1.54, 1.807) is 10.6 Å². The van der Waals surface area contributed by atoms with Crippen molar-refractivity contribution < 1.29 is 0 Å². The summed E-state index contributed by atoms with van der Waals surface area (Å²) in [6.07, 6.45) is 10.3. The minimum atomic E-state index is -0.112. The molecular formula is C24H29N7OS. The molecule has 1 saturated heterocycles. The Morgan fingerprint density at radius 2 is 1.91 bits per heavy atom. The summed E-state index contributed by atoms with van der Waals surface area (Å²) in [5.41, 5.74) is 1.99. The molecule has 1 aliphatic carbocycles. The molecule has 2 aliphatic rings. The highest BCUT2D eigenvalue weighted by Crippen LogP contribution is 2.38. The molecule has 0 atom stereocenters. The molecule has 0 bridgehead atoms. The number of likely N-dealkylation sites (tertiary alicyclic amines) is 1. The first-order valence-electron chi connectivity index (χ1n) is 12.1. The fourth-order valence-electron chi connectivity index (χ4n) is 5.11. The van der Waals surface area contributed by atoms with Crippen molar-refractivity contribution in [3.05, 3.63) is 51.1 Å². The summed E-state index contributed by atoms with van der Waals surface area (Å²) in [7, 11) is 0. The summed E-state index contributed by atoms with van der Waals surface area (Å²) in [6.45, 7) is 4.13. The van der Waals surface area contributed by atoms with Gasteiger partial charge in [-0.15, -0.1) is 16.4 Å². The van der Waals surface area contributed by atoms with Crippen molar-refractivity contribution in [3.8, 4) is 0 Å². The van der Waals surface area contributed by atoms with E-state index in [0.29, 0.717) is 18.7 Å². The zero-order valence-corrected chi connectivity index (χ0v) is 19.6. The molecule has 0 saturated carbocycles. The van der Waals surface area contributed by atoms with Crippen LogP contribution in [0.15, 0.2) is 29.2 Å². The Hall–Kier alpha value is -2.78. The molecule has 4 aromatic heterocycles. The van der Waals surface area contributed by atoms with E-state index in [1.165, 1.54) is 52.6 Å². The molecule has 9 heteroatoms. The minimum absolute atomic E-state index is 0.112. The lowest BCUT2D eigenvalue weighted by atomic mass is 9.97. The van der Waals surface area contributed by atoms with Gasteiger partial charge in [-0.25, -0.2) is 19.4 Å². The third-order valence-electron chi connectivity index (χ3n) is 6.78. The maximum Gasteiger partial charge on any atom is 0.350 e. The van der Waals surface area contributed by atoms with Crippen LogP contribution in [0.2, 0.25) is 0 Å². The molecule has 6 rings (SSSR count). The number of piperidine rings is 1. The summed E-state index contributed by atoms with van der Waals surface area (Å²) >= 11 is 1.84. The maximum atomic E-state index is 12.6. The van der Waals surface area contributed by atoms with Crippen LogP contribution in [-0.4, -0.2) is 48.7 Å². The number of anilines is 1. The number of aryl methyl sites for hydroxylation is 2. The Morgan fingerprint density at radius 1 is 1.03 bits per heavy atom. The molecule has 33 heavy (non-hydrogen) atoms. The zero-order chi connectivity index (χ0) is 22.2. The van der Waals surface area contributed by atoms with Gasteiger partial charge in [-0.3, -0.25) is 9.30 Å². The van der Waals surface area contributed by atoms with Crippen molar-refractivity contribution in [2.24, 2.45) is 0 Å². The minimum Gasteiger partial charge on any atom is -0.368 e. The number of fused-ring (bicyclic) bond motifs is 4. The number of nitrogens with zero attached hydrogens (tertiary/aromatic N) is 6. The van der Waals surface area contributed by atoms with E-state index in [4.69, 9.17) is 9.97 Å². The van der Waals surface area contributed by atoms with Gasteiger partial charge in [0, 0.05) is 17.6 Å². The predicted octanol–water partition coefficient (Wildman–Crippen LogP) is 3.48. The van der Waals surface area contributed by atoms with Crippen molar-refractivity contribution in [2.75, 3.05) is 25.0 Å². The van der Waals surface area contributed by atoms with Gasteiger partial charge in [0.15, 0.2) is 5.65 Å². The molecule has 1 N–H and O–H groups in total. The van der Waals surface area contributed by atoms with Gasteiger partial charge in [0.25, 0.3) is 0 Å². The van der Waals surface area contributed by atoms with E-state index in [-0.39, 0.29) is 5.69 Å². The van der Waals surface area contributed by atoms with Crippen molar-refractivity contribution in [1.82, 2.24) is 29.0 Å². The van der Waals surface area contributed by atoms with Gasteiger partial charge in [-0.2, -0.15) is 0 Å². The van der Waals surface area contributed by atoms with Crippen molar-refractivity contribution in [2.45, 2.75) is 58.0 Å². The van der Waals surface area contributed by atoms with Gasteiger partial charge in [0.1, 0.15) is 16.5 Å². The molecule has 0 amide bonds. The second-order valence-corrected chi connectivity index (χ2v) is 10.2. The number of nitrogens with one attached hydrogen (secondary N) is 1. The molecule has 172 valence electrons. The predicted molar refractivity (Wildman–Crippen MR) is 131 cm³/mol. The summed E-state index contributed by atoms with van der Waals surface area (Å²) < 4.78 is 3.10. The van der Waals surface area contributed by atoms with Gasteiger partial charge >= 0.3 is 5.69 Å². The molecular weight excluding hydrogens is 434 g/mol. The summed E-state index contributed by atoms with van der Waals surface area (Å²) in [6, 6.07) is 5.59. The lowest BCUT2D eigenvalue weighted by Crippen LogP contribution is -2.30. The van der Waals surface area contributed by atoms with Crippen LogP contribution in [0.1, 0.15) is 48.4 Å². The summed E-state index contributed by atoms with van der Waals surface area (Å²) in [5, 5.41) is 9.19. The van der Waals surface area contributed by atoms with Crippen LogP contribution in [0.3, 0.4) is 0 Å². The maximum absolute atomic E-state index is 12.6. The fourth-order valence-corrected chi connectivity index (χ4v) is 6.39. The average Bonchev–Trinajstić information content (AvgIpc) is 3.37. The highest BCUT2D eigenvalue weighted by atomic mass is 32.1. The Morgan fingerprint density at radius 3 is 2.79 bits per heavy atom. The normalized spacial score (nSPS) is 17.0. The second-order valence-electron chi connectivity index (χ2n) is 9.08. The van der Waals surface area contributed by atoms with Crippen LogP contribution in [0.5, 0.6) is 0 Å². The van der Waals surface area contributed by atoms with Crippen molar-refractivity contribution >= 4 is 33.0 Å². The lowest BCUT2D eigenvalue weighted by Gasteiger charge is -2.25. The van der Waals surface area contributed by atoms with Gasteiger partial charge in [0.05, 0.1) is 18.5 Å². The van der Waals surface area contributed by atoms with Gasteiger partial charge in [-0.05, 0) is 69.3 Å². The standard InChI is InChI=1S/C24H29N7OS/c32-24-30-14-7-4-10-20(30)28-31(24)15-11-25-22-21-17-8-2-3-9-18(17)33-23(21)27-19(26-22)16-29-12-5-1-6-13-29/h4,7,10,14H,1-3,5-6,8-9,11-13,15-16H2,(H,25,26,27). The van der Waals surface area contributed by atoms with E-state index < -0.39 is 0 Å². The van der Waals surface area contributed by atoms with Gasteiger partial charge in [0.2, 0.25) is 0 Å². The first kappa shape index (κ1) is 20.8. The topological polar surface area (TPSA) is 80.3 Å². The van der Waals surface area contributed by atoms with E-state index in [2.05, 4.69) is 15.3 Å². The summed E-state index contributed by atoms with van der Waals surface area (Å²) in [5.74, 6) is 1.82. The molecule has 1 aliphatic heterocycles. The largest absolute Gasteiger partial charge is 0.368 e. The monoisotopic (exact) mass is 463 g/mol. The number of pyridine rings is 1. The molecule has 0 spiro atoms. The highest BCUT2D eigenvalue weighted by Gasteiger charge is 2.22. The van der Waals surface area contributed by atoms with E-state index in [1.807, 2.05) is 29.5 Å². The Labute approximate surface area is 196 Å². The molecule has 0 unspecified atom stereocenters. The Bertz CT molecular complexity index is 1350. The van der Waals surface area contributed by atoms with Crippen molar-refractivity contribution in [3.63, 3.8) is 0 Å². The molecule has 0 aromatic carbocycles. The van der Waals surface area contributed by atoms with E-state index in [9.17, 15) is 4.79 Å². The third-order valence-corrected chi connectivity index (χ3v) is 7.96. The number of thiophene rings is 1. The molecule has 5 heterocycles. The molecule has 1 fully saturated rings. The van der Waals surface area contributed by atoms with E-state index >= 15 is 0 Å². The zero-order valence-electron chi connectivity index (χ0n) is 18.8. The molecule has 0 radical (unpaired) electrons. The van der Waals surface area contributed by atoms with Crippen LogP contribution in [0, 0.1) is 0 Å². The number of rotatable bonds is 6. The molecule has 4 aromatic rings. The first-order chi connectivity index (χ1) is 16.3. The average molecular weight is 464 g/mol.